The van der Waals surface area contributed by atoms with Crippen molar-refractivity contribution < 1.29 is 31.9 Å². The van der Waals surface area contributed by atoms with Crippen LogP contribution in [0.4, 0.5) is 10.1 Å². The third kappa shape index (κ3) is 7.29. The SMILES string of the molecule is CCNC(=O)[C@@H](CC)N(Cc1cccc(OC)c1)C(=O)CN(c1ccc(F)cc1)S(=O)(=O)c1ccc(OC)cc1. The zero-order valence-corrected chi connectivity index (χ0v) is 23.8. The summed E-state index contributed by atoms with van der Waals surface area (Å²) in [7, 11) is -1.29. The van der Waals surface area contributed by atoms with E-state index < -0.39 is 34.3 Å². The molecule has 0 radical (unpaired) electrons. The fourth-order valence-electron chi connectivity index (χ4n) is 4.19. The largest absolute Gasteiger partial charge is 0.497 e. The molecule has 40 heavy (non-hydrogen) atoms. The van der Waals surface area contributed by atoms with E-state index in [2.05, 4.69) is 5.32 Å². The second-order valence-electron chi connectivity index (χ2n) is 8.86. The Kier molecular flexibility index (Phi) is 10.5. The average molecular weight is 572 g/mol. The quantitative estimate of drug-likeness (QED) is 0.333. The summed E-state index contributed by atoms with van der Waals surface area (Å²) in [6, 6.07) is 16.7. The lowest BCUT2D eigenvalue weighted by atomic mass is 10.1. The van der Waals surface area contributed by atoms with E-state index in [9.17, 15) is 22.4 Å². The Balaban J connectivity index is 2.06. The average Bonchev–Trinajstić information content (AvgIpc) is 2.96. The van der Waals surface area contributed by atoms with Gasteiger partial charge in [0.2, 0.25) is 11.8 Å². The topological polar surface area (TPSA) is 105 Å². The van der Waals surface area contributed by atoms with E-state index in [1.165, 1.54) is 55.5 Å². The molecule has 1 N–H and O–H groups in total. The number of methoxy groups -OCH3 is 2. The summed E-state index contributed by atoms with van der Waals surface area (Å²) in [4.78, 5) is 28.2. The Hall–Kier alpha value is -4.12. The fraction of sp³-hybridized carbons (Fsp3) is 0.310. The smallest absolute Gasteiger partial charge is 0.264 e. The summed E-state index contributed by atoms with van der Waals surface area (Å²) in [5, 5.41) is 2.76. The standard InChI is InChI=1S/C29H34FN3O6S/c1-5-27(29(35)31-6-2)32(19-21-8-7-9-25(18-21)39-4)28(34)20-33(23-12-10-22(30)11-13-23)40(36,37)26-16-14-24(38-3)15-17-26/h7-18,27H,5-6,19-20H2,1-4H3,(H,31,35)/t27-/m1/s1. The molecule has 0 aliphatic rings. The highest BCUT2D eigenvalue weighted by molar-refractivity contribution is 7.92. The molecule has 0 bridgehead atoms. The van der Waals surface area contributed by atoms with E-state index in [1.807, 2.05) is 0 Å². The third-order valence-electron chi connectivity index (χ3n) is 6.26. The third-order valence-corrected chi connectivity index (χ3v) is 8.05. The number of carbonyl (C=O) groups excluding carboxylic acids is 2. The maximum absolute atomic E-state index is 14.0. The van der Waals surface area contributed by atoms with Crippen molar-refractivity contribution in [1.82, 2.24) is 10.2 Å². The van der Waals surface area contributed by atoms with Crippen molar-refractivity contribution in [2.45, 2.75) is 37.8 Å². The minimum Gasteiger partial charge on any atom is -0.497 e. The highest BCUT2D eigenvalue weighted by Gasteiger charge is 2.33. The zero-order chi connectivity index (χ0) is 29.3. The van der Waals surface area contributed by atoms with E-state index in [1.54, 1.807) is 38.1 Å². The Morgan fingerprint density at radius 3 is 2.15 bits per heavy atom. The number of amides is 2. The van der Waals surface area contributed by atoms with Gasteiger partial charge in [-0.25, -0.2) is 12.8 Å². The number of hydrogen-bond acceptors (Lipinski definition) is 6. The number of hydrogen-bond donors (Lipinski definition) is 1. The molecule has 0 spiro atoms. The van der Waals surface area contributed by atoms with Gasteiger partial charge in [0.05, 0.1) is 24.8 Å². The summed E-state index contributed by atoms with van der Waals surface area (Å²) in [5.41, 5.74) is 0.791. The van der Waals surface area contributed by atoms with Crippen LogP contribution in [-0.2, 0) is 26.2 Å². The predicted octanol–water partition coefficient (Wildman–Crippen LogP) is 3.98. The molecule has 3 aromatic rings. The predicted molar refractivity (Wildman–Crippen MR) is 150 cm³/mol. The van der Waals surface area contributed by atoms with Crippen LogP contribution in [0.15, 0.2) is 77.7 Å². The molecular weight excluding hydrogens is 537 g/mol. The normalized spacial score (nSPS) is 11.8. The molecule has 9 nitrogen and oxygen atoms in total. The molecule has 0 aliphatic heterocycles. The molecule has 0 saturated carbocycles. The molecule has 3 aromatic carbocycles. The number of sulfonamides is 1. The number of likely N-dealkylation sites (N-methyl/N-ethyl adjacent to an activating group) is 1. The summed E-state index contributed by atoms with van der Waals surface area (Å²) < 4.78 is 52.7. The number of nitrogens with one attached hydrogen (secondary N) is 1. The minimum absolute atomic E-state index is 0.0332. The fourth-order valence-corrected chi connectivity index (χ4v) is 5.60. The second-order valence-corrected chi connectivity index (χ2v) is 10.7. The zero-order valence-electron chi connectivity index (χ0n) is 23.0. The molecule has 0 heterocycles. The lowest BCUT2D eigenvalue weighted by Crippen LogP contribution is -2.52. The molecule has 0 aliphatic carbocycles. The molecule has 3 rings (SSSR count). The number of nitrogens with zero attached hydrogens (tertiary/aromatic N) is 2. The lowest BCUT2D eigenvalue weighted by molar-refractivity contribution is -0.140. The Morgan fingerprint density at radius 1 is 0.925 bits per heavy atom. The minimum atomic E-state index is -4.28. The van der Waals surface area contributed by atoms with Crippen molar-refractivity contribution in [3.05, 3.63) is 84.2 Å². The number of ether oxygens (including phenoxy) is 2. The molecule has 0 unspecified atom stereocenters. The first-order valence-corrected chi connectivity index (χ1v) is 14.2. The van der Waals surface area contributed by atoms with Gasteiger partial charge in [0, 0.05) is 13.1 Å². The first-order valence-electron chi connectivity index (χ1n) is 12.8. The van der Waals surface area contributed by atoms with Gasteiger partial charge in [0.15, 0.2) is 0 Å². The van der Waals surface area contributed by atoms with Crippen LogP contribution in [0, 0.1) is 5.82 Å². The van der Waals surface area contributed by atoms with E-state index in [0.29, 0.717) is 30.0 Å². The maximum atomic E-state index is 14.0. The Bertz CT molecular complexity index is 1400. The van der Waals surface area contributed by atoms with Crippen molar-refractivity contribution in [2.24, 2.45) is 0 Å². The van der Waals surface area contributed by atoms with Crippen molar-refractivity contribution in [2.75, 3.05) is 31.6 Å². The van der Waals surface area contributed by atoms with Crippen molar-refractivity contribution >= 4 is 27.5 Å². The number of halogens is 1. The number of benzene rings is 3. The van der Waals surface area contributed by atoms with Crippen LogP contribution in [0.25, 0.3) is 0 Å². The van der Waals surface area contributed by atoms with Gasteiger partial charge in [-0.2, -0.15) is 0 Å². The van der Waals surface area contributed by atoms with Crippen LogP contribution in [-0.4, -0.2) is 58.5 Å². The monoisotopic (exact) mass is 571 g/mol. The van der Waals surface area contributed by atoms with E-state index in [4.69, 9.17) is 9.47 Å². The molecule has 11 heteroatoms. The Morgan fingerprint density at radius 2 is 1.57 bits per heavy atom. The van der Waals surface area contributed by atoms with Gasteiger partial charge in [0.1, 0.15) is 29.9 Å². The molecular formula is C29H34FN3O6S. The van der Waals surface area contributed by atoms with Gasteiger partial charge in [-0.05, 0) is 79.6 Å². The highest BCUT2D eigenvalue weighted by atomic mass is 32.2. The highest BCUT2D eigenvalue weighted by Crippen LogP contribution is 2.26. The molecule has 0 saturated heterocycles. The van der Waals surface area contributed by atoms with Crippen LogP contribution >= 0.6 is 0 Å². The maximum Gasteiger partial charge on any atom is 0.264 e. The van der Waals surface area contributed by atoms with E-state index in [0.717, 1.165) is 16.4 Å². The lowest BCUT2D eigenvalue weighted by Gasteiger charge is -2.33. The van der Waals surface area contributed by atoms with Gasteiger partial charge >= 0.3 is 0 Å². The Labute approximate surface area is 234 Å². The van der Waals surface area contributed by atoms with Crippen molar-refractivity contribution in [1.29, 1.82) is 0 Å². The van der Waals surface area contributed by atoms with Gasteiger partial charge in [-0.15, -0.1) is 0 Å². The van der Waals surface area contributed by atoms with Crippen molar-refractivity contribution in [3.63, 3.8) is 0 Å². The van der Waals surface area contributed by atoms with E-state index >= 15 is 0 Å². The molecule has 0 aromatic heterocycles. The van der Waals surface area contributed by atoms with Gasteiger partial charge < -0.3 is 19.7 Å². The number of anilines is 1. The first kappa shape index (κ1) is 30.4. The molecule has 214 valence electrons. The van der Waals surface area contributed by atoms with Gasteiger partial charge in [0.25, 0.3) is 10.0 Å². The molecule has 2 amide bonds. The van der Waals surface area contributed by atoms with Crippen LogP contribution in [0.3, 0.4) is 0 Å². The van der Waals surface area contributed by atoms with Gasteiger partial charge in [-0.3, -0.25) is 13.9 Å². The second kappa shape index (κ2) is 13.8. The van der Waals surface area contributed by atoms with Crippen LogP contribution in [0.2, 0.25) is 0 Å². The summed E-state index contributed by atoms with van der Waals surface area (Å²) in [6.45, 7) is 3.32. The van der Waals surface area contributed by atoms with E-state index in [-0.39, 0.29) is 23.0 Å². The summed E-state index contributed by atoms with van der Waals surface area (Å²) in [5.74, 6) is -0.486. The molecule has 1 atom stereocenters. The van der Waals surface area contributed by atoms with Gasteiger partial charge in [-0.1, -0.05) is 19.1 Å². The number of rotatable bonds is 13. The van der Waals surface area contributed by atoms with Crippen LogP contribution in [0.1, 0.15) is 25.8 Å². The van der Waals surface area contributed by atoms with Crippen LogP contribution < -0.4 is 19.1 Å². The van der Waals surface area contributed by atoms with Crippen LogP contribution in [0.5, 0.6) is 11.5 Å². The summed E-state index contributed by atoms with van der Waals surface area (Å²) in [6.07, 6.45) is 0.295. The van der Waals surface area contributed by atoms with Crippen molar-refractivity contribution in [3.8, 4) is 11.5 Å². The summed E-state index contributed by atoms with van der Waals surface area (Å²) >= 11 is 0. The molecule has 0 fully saturated rings. The first-order chi connectivity index (χ1) is 19.1. The number of carbonyl (C=O) groups is 2.